The molecule has 212 valence electrons. The number of carbonyl (C=O) groups excluding carboxylic acids is 1. The first-order valence-corrected chi connectivity index (χ1v) is 13.5. The van der Waals surface area contributed by atoms with Gasteiger partial charge in [0.05, 0.1) is 16.4 Å². The molecule has 11 heteroatoms. The van der Waals surface area contributed by atoms with Gasteiger partial charge in [-0.3, -0.25) is 9.20 Å². The number of amides is 1. The maximum Gasteiger partial charge on any atom is 0.403 e. The number of anilines is 2. The second-order valence-corrected chi connectivity index (χ2v) is 11.3. The highest BCUT2D eigenvalue weighted by Crippen LogP contribution is 2.57. The number of halogens is 4. The van der Waals surface area contributed by atoms with Crippen LogP contribution in [0.15, 0.2) is 36.4 Å². The summed E-state index contributed by atoms with van der Waals surface area (Å²) in [5, 5.41) is 11.2. The number of fused-ring (bicyclic) bond motifs is 4. The van der Waals surface area contributed by atoms with Crippen LogP contribution >= 0.6 is 0 Å². The van der Waals surface area contributed by atoms with Gasteiger partial charge in [0.1, 0.15) is 22.9 Å². The van der Waals surface area contributed by atoms with E-state index in [1.165, 1.54) is 6.07 Å². The third-order valence-electron chi connectivity index (χ3n) is 7.89. The van der Waals surface area contributed by atoms with E-state index in [-0.39, 0.29) is 12.8 Å². The number of aryl methyl sites for hydroxylation is 1. The molecule has 0 unspecified atom stereocenters. The minimum Gasteiger partial charge on any atom is -0.340 e. The largest absolute Gasteiger partial charge is 0.403 e. The van der Waals surface area contributed by atoms with Gasteiger partial charge in [0.25, 0.3) is 5.78 Å². The molecule has 0 bridgehead atoms. The van der Waals surface area contributed by atoms with Crippen molar-refractivity contribution in [1.29, 1.82) is 0 Å². The number of aromatic nitrogens is 4. The van der Waals surface area contributed by atoms with Crippen molar-refractivity contribution in [2.24, 2.45) is 5.41 Å². The van der Waals surface area contributed by atoms with Crippen molar-refractivity contribution >= 4 is 34.1 Å². The van der Waals surface area contributed by atoms with Gasteiger partial charge in [-0.25, -0.2) is 4.39 Å². The van der Waals surface area contributed by atoms with E-state index in [0.29, 0.717) is 46.9 Å². The maximum atomic E-state index is 15.4. The smallest absolute Gasteiger partial charge is 0.340 e. The Morgan fingerprint density at radius 1 is 1.07 bits per heavy atom. The highest BCUT2D eigenvalue weighted by molar-refractivity contribution is 5.94. The summed E-state index contributed by atoms with van der Waals surface area (Å²) in [4.78, 5) is 19.3. The van der Waals surface area contributed by atoms with Crippen molar-refractivity contribution in [2.45, 2.75) is 64.6 Å². The maximum absolute atomic E-state index is 15.4. The molecule has 1 N–H and O–H groups in total. The molecule has 1 aliphatic heterocycles. The summed E-state index contributed by atoms with van der Waals surface area (Å²) < 4.78 is 57.5. The van der Waals surface area contributed by atoms with Gasteiger partial charge in [-0.2, -0.15) is 18.2 Å². The Balaban J connectivity index is 1.40. The normalized spacial score (nSPS) is 16.6. The summed E-state index contributed by atoms with van der Waals surface area (Å²) in [5.74, 6) is 6.04. The van der Waals surface area contributed by atoms with Gasteiger partial charge in [0, 0.05) is 17.8 Å². The van der Waals surface area contributed by atoms with Crippen molar-refractivity contribution in [3.63, 3.8) is 0 Å². The Kier molecular flexibility index (Phi) is 6.21. The van der Waals surface area contributed by atoms with E-state index in [9.17, 15) is 18.0 Å². The van der Waals surface area contributed by atoms with Gasteiger partial charge < -0.3 is 10.2 Å². The zero-order chi connectivity index (χ0) is 29.2. The van der Waals surface area contributed by atoms with E-state index in [4.69, 9.17) is 4.98 Å². The molecule has 0 atom stereocenters. The molecule has 1 aliphatic carbocycles. The van der Waals surface area contributed by atoms with Gasteiger partial charge in [-0.05, 0) is 82.7 Å². The van der Waals surface area contributed by atoms with E-state index in [1.54, 1.807) is 31.2 Å². The third kappa shape index (κ3) is 4.55. The monoisotopic (exact) mass is 564 g/mol. The number of nitrogens with one attached hydrogen (secondary N) is 1. The molecule has 1 amide bonds. The van der Waals surface area contributed by atoms with E-state index in [1.807, 2.05) is 29.2 Å². The zero-order valence-electron chi connectivity index (χ0n) is 22.9. The van der Waals surface area contributed by atoms with Crippen LogP contribution in [0.2, 0.25) is 0 Å². The molecule has 6 rings (SSSR count). The molecule has 4 aromatic rings. The molecular formula is C30H28F4N6O. The molecule has 0 radical (unpaired) electrons. The first kappa shape index (κ1) is 27.0. The van der Waals surface area contributed by atoms with Crippen molar-refractivity contribution < 1.29 is 22.4 Å². The molecule has 2 aromatic carbocycles. The number of hydrogen-bond acceptors (Lipinski definition) is 5. The second kappa shape index (κ2) is 9.43. The average Bonchev–Trinajstić information content (AvgIpc) is 3.69. The zero-order valence-corrected chi connectivity index (χ0v) is 22.9. The van der Waals surface area contributed by atoms with Crippen LogP contribution in [0.1, 0.15) is 56.5 Å². The molecule has 7 nitrogen and oxygen atoms in total. The quantitative estimate of drug-likeness (QED) is 0.252. The summed E-state index contributed by atoms with van der Waals surface area (Å²) in [6, 6.07) is 10.5. The van der Waals surface area contributed by atoms with Crippen molar-refractivity contribution in [3.05, 3.63) is 59.2 Å². The molecular weight excluding hydrogens is 536 g/mol. The predicted molar refractivity (Wildman–Crippen MR) is 146 cm³/mol. The fraction of sp³-hybridized carbons (Fsp3) is 0.400. The van der Waals surface area contributed by atoms with Crippen molar-refractivity contribution in [1.82, 2.24) is 24.9 Å². The number of hydrogen-bond donors (Lipinski definition) is 1. The van der Waals surface area contributed by atoms with Crippen molar-refractivity contribution in [2.75, 3.05) is 11.4 Å². The molecule has 3 heterocycles. The van der Waals surface area contributed by atoms with E-state index < -0.39 is 28.9 Å². The molecule has 0 spiro atoms. The number of benzene rings is 2. The number of nitrogens with zero attached hydrogens (tertiary/aromatic N) is 5. The summed E-state index contributed by atoms with van der Waals surface area (Å²) in [5.41, 5.74) is -0.453. The van der Waals surface area contributed by atoms with E-state index in [2.05, 4.69) is 27.4 Å². The topological polar surface area (TPSA) is 75.4 Å². The van der Waals surface area contributed by atoms with Gasteiger partial charge in [0.15, 0.2) is 0 Å². The molecule has 1 saturated carbocycles. The molecule has 1 fully saturated rings. The standard InChI is InChI=1S/C30H28F4N6O/c1-18-37-38-27-35-25(24-21(31)10-7-12-23(24)40(18)27)39-17-5-4-9-20-19(8-6-11-22(20)39)13-14-28(2,3)36-26(41)29(15-16-29)30(32,33)34/h6-8,10-12H,4-5,9,15-17H2,1-3H3,(H,36,41). The summed E-state index contributed by atoms with van der Waals surface area (Å²) in [6.45, 7) is 5.56. The van der Waals surface area contributed by atoms with Gasteiger partial charge >= 0.3 is 6.18 Å². The van der Waals surface area contributed by atoms with Gasteiger partial charge in [-0.1, -0.05) is 24.0 Å². The van der Waals surface area contributed by atoms with Crippen LogP contribution in [0.3, 0.4) is 0 Å². The lowest BCUT2D eigenvalue weighted by molar-refractivity contribution is -0.192. The third-order valence-corrected chi connectivity index (χ3v) is 7.89. The summed E-state index contributed by atoms with van der Waals surface area (Å²) >= 11 is 0. The van der Waals surface area contributed by atoms with Crippen LogP contribution in [0, 0.1) is 30.0 Å². The molecule has 41 heavy (non-hydrogen) atoms. The number of carbonyl (C=O) groups is 1. The Morgan fingerprint density at radius 2 is 1.83 bits per heavy atom. The van der Waals surface area contributed by atoms with Crippen LogP contribution in [0.5, 0.6) is 0 Å². The van der Waals surface area contributed by atoms with Crippen LogP contribution in [-0.4, -0.2) is 43.7 Å². The van der Waals surface area contributed by atoms with Crippen LogP contribution < -0.4 is 10.2 Å². The SMILES string of the molecule is Cc1nnc2nc(N3CCCCc4c(C#CC(C)(C)NC(=O)C5(C(F)(F)F)CC5)cccc43)c3c(F)cccc3n12. The average molecular weight is 565 g/mol. The van der Waals surface area contributed by atoms with E-state index >= 15 is 4.39 Å². The Labute approximate surface area is 234 Å². The highest BCUT2D eigenvalue weighted by atomic mass is 19.4. The first-order chi connectivity index (χ1) is 19.4. The van der Waals surface area contributed by atoms with Crippen LogP contribution in [-0.2, 0) is 11.2 Å². The lowest BCUT2D eigenvalue weighted by Gasteiger charge is -2.26. The van der Waals surface area contributed by atoms with Crippen LogP contribution in [0.4, 0.5) is 29.1 Å². The minimum atomic E-state index is -4.59. The fourth-order valence-electron chi connectivity index (χ4n) is 5.51. The number of alkyl halides is 3. The summed E-state index contributed by atoms with van der Waals surface area (Å²) in [7, 11) is 0. The lowest BCUT2D eigenvalue weighted by Crippen LogP contribution is -2.49. The first-order valence-electron chi connectivity index (χ1n) is 13.5. The van der Waals surface area contributed by atoms with E-state index in [0.717, 1.165) is 24.1 Å². The Bertz CT molecular complexity index is 1760. The lowest BCUT2D eigenvalue weighted by atomic mass is 9.98. The van der Waals surface area contributed by atoms with Gasteiger partial charge in [-0.15, -0.1) is 10.2 Å². The predicted octanol–water partition coefficient (Wildman–Crippen LogP) is 5.79. The fourth-order valence-corrected chi connectivity index (χ4v) is 5.51. The minimum absolute atomic E-state index is 0.211. The highest BCUT2D eigenvalue weighted by Gasteiger charge is 2.68. The Morgan fingerprint density at radius 3 is 2.56 bits per heavy atom. The number of rotatable bonds is 3. The van der Waals surface area contributed by atoms with Gasteiger partial charge in [0.2, 0.25) is 5.91 Å². The molecule has 0 saturated heterocycles. The molecule has 2 aliphatic rings. The molecule has 2 aromatic heterocycles. The summed E-state index contributed by atoms with van der Waals surface area (Å²) in [6.07, 6.45) is -2.64. The van der Waals surface area contributed by atoms with Crippen LogP contribution in [0.25, 0.3) is 16.7 Å². The second-order valence-electron chi connectivity index (χ2n) is 11.3. The van der Waals surface area contributed by atoms with Crippen molar-refractivity contribution in [3.8, 4) is 11.8 Å². The Hall–Kier alpha value is -4.20.